The zero-order chi connectivity index (χ0) is 10.4. The van der Waals surface area contributed by atoms with E-state index >= 15 is 0 Å². The summed E-state index contributed by atoms with van der Waals surface area (Å²) < 4.78 is 0. The third-order valence-electron chi connectivity index (χ3n) is 1.06. The molecule has 0 aromatic rings. The molecule has 0 aliphatic heterocycles. The summed E-state index contributed by atoms with van der Waals surface area (Å²) in [7, 11) is 0. The van der Waals surface area contributed by atoms with Gasteiger partial charge >= 0.3 is 65.1 Å². The summed E-state index contributed by atoms with van der Waals surface area (Å²) in [5.41, 5.74) is 0. The summed E-state index contributed by atoms with van der Waals surface area (Å²) in [4.78, 5) is 30.8. The van der Waals surface area contributed by atoms with Gasteiger partial charge in [-0.25, -0.2) is 0 Å². The van der Waals surface area contributed by atoms with Crippen LogP contribution < -0.4 is 69.3 Å². The van der Waals surface area contributed by atoms with E-state index in [2.05, 4.69) is 0 Å². The van der Waals surface area contributed by atoms with Gasteiger partial charge in [0.25, 0.3) is 0 Å². The van der Waals surface area contributed by atoms with Gasteiger partial charge in [0.2, 0.25) is 0 Å². The molecule has 0 aliphatic carbocycles. The predicted molar refractivity (Wildman–Crippen MR) is 34.1 cm³/mol. The van der Waals surface area contributed by atoms with E-state index in [1.165, 1.54) is 0 Å². The van der Waals surface area contributed by atoms with Crippen LogP contribution in [0, 0.1) is 0 Å². The van der Waals surface area contributed by atoms with Crippen LogP contribution in [0.25, 0.3) is 0 Å². The van der Waals surface area contributed by atoms with Gasteiger partial charge < -0.3 is 24.9 Å². The van der Waals surface area contributed by atoms with Crippen molar-refractivity contribution in [3.05, 3.63) is 0 Å². The number of rotatable bonds is 6. The van der Waals surface area contributed by atoms with Crippen LogP contribution in [0.15, 0.2) is 0 Å². The van der Waals surface area contributed by atoms with Crippen molar-refractivity contribution in [3.63, 3.8) is 0 Å². The van der Waals surface area contributed by atoms with Crippen LogP contribution in [0.5, 0.6) is 0 Å². The fraction of sp³-hybridized carbons (Fsp3) is 0.500. The molecule has 74 valence electrons. The summed E-state index contributed by atoms with van der Waals surface area (Å²) in [5.74, 6) is -4.40. The molecule has 1 N–H and O–H groups in total. The molecule has 0 unspecified atom stereocenters. The fourth-order valence-electron chi connectivity index (χ4n) is 0.724. The molecular formula is C6H7NNa2O6. The van der Waals surface area contributed by atoms with Crippen molar-refractivity contribution in [2.45, 2.75) is 0 Å². The van der Waals surface area contributed by atoms with Crippen molar-refractivity contribution in [1.82, 2.24) is 4.90 Å². The van der Waals surface area contributed by atoms with Gasteiger partial charge in [-0.2, -0.15) is 0 Å². The molecule has 0 aliphatic rings. The molecule has 0 fully saturated rings. The molecule has 0 amide bonds. The van der Waals surface area contributed by atoms with E-state index in [-0.39, 0.29) is 59.1 Å². The second-order valence-electron chi connectivity index (χ2n) is 2.28. The summed E-state index contributed by atoms with van der Waals surface area (Å²) in [6, 6.07) is 0. The Kier molecular flexibility index (Phi) is 15.0. The molecule has 0 bridgehead atoms. The van der Waals surface area contributed by atoms with E-state index in [0.29, 0.717) is 4.90 Å². The van der Waals surface area contributed by atoms with E-state index in [0.717, 1.165) is 0 Å². The Labute approximate surface area is 130 Å². The van der Waals surface area contributed by atoms with Crippen LogP contribution in [0.1, 0.15) is 0 Å². The van der Waals surface area contributed by atoms with E-state index in [9.17, 15) is 24.6 Å². The molecule has 0 aromatic carbocycles. The smallest absolute Gasteiger partial charge is 0.549 e. The van der Waals surface area contributed by atoms with Crippen LogP contribution in [-0.4, -0.2) is 47.5 Å². The van der Waals surface area contributed by atoms with Crippen LogP contribution in [-0.2, 0) is 14.4 Å². The normalized spacial score (nSPS) is 8.60. The summed E-state index contributed by atoms with van der Waals surface area (Å²) >= 11 is 0. The van der Waals surface area contributed by atoms with E-state index in [1.54, 1.807) is 0 Å². The molecule has 0 heterocycles. The third-order valence-corrected chi connectivity index (χ3v) is 1.06. The minimum atomic E-state index is -1.54. The number of carbonyl (C=O) groups is 3. The Balaban J connectivity index is -0.000000720. The predicted octanol–water partition coefficient (Wildman–Crippen LogP) is -10.1. The molecule has 0 saturated carbocycles. The number of carbonyl (C=O) groups excluding carboxylic acids is 2. The monoisotopic (exact) mass is 235 g/mol. The first-order valence-electron chi connectivity index (χ1n) is 3.25. The SMILES string of the molecule is O=C([O-])CN(CC(=O)[O-])CC(=O)O.[Na+].[Na+]. The third kappa shape index (κ3) is 14.4. The van der Waals surface area contributed by atoms with Crippen LogP contribution in [0.3, 0.4) is 0 Å². The molecule has 0 spiro atoms. The van der Waals surface area contributed by atoms with E-state index in [1.807, 2.05) is 0 Å². The summed E-state index contributed by atoms with van der Waals surface area (Å²) in [6.45, 7) is -2.18. The van der Waals surface area contributed by atoms with Crippen molar-refractivity contribution < 1.29 is 88.8 Å². The Morgan fingerprint density at radius 3 is 1.47 bits per heavy atom. The average Bonchev–Trinajstić information content (AvgIpc) is 1.80. The zero-order valence-corrected chi connectivity index (χ0v) is 12.6. The Hall–Kier alpha value is 0.370. The molecule has 0 rings (SSSR count). The number of nitrogens with zero attached hydrogens (tertiary/aromatic N) is 1. The van der Waals surface area contributed by atoms with Crippen molar-refractivity contribution in [2.24, 2.45) is 0 Å². The molecule has 0 radical (unpaired) electrons. The quantitative estimate of drug-likeness (QED) is 0.453. The van der Waals surface area contributed by atoms with Gasteiger partial charge in [0.1, 0.15) is 0 Å². The fourth-order valence-corrected chi connectivity index (χ4v) is 0.724. The Morgan fingerprint density at radius 1 is 0.933 bits per heavy atom. The van der Waals surface area contributed by atoms with Crippen molar-refractivity contribution in [2.75, 3.05) is 19.6 Å². The number of hydrogen-bond donors (Lipinski definition) is 1. The van der Waals surface area contributed by atoms with Crippen LogP contribution in [0.4, 0.5) is 0 Å². The first kappa shape index (κ1) is 20.7. The minimum absolute atomic E-state index is 0. The number of carboxylic acids is 3. The van der Waals surface area contributed by atoms with Gasteiger partial charge in [-0.15, -0.1) is 0 Å². The number of carboxylic acid groups (broad SMARTS) is 3. The van der Waals surface area contributed by atoms with Crippen molar-refractivity contribution in [3.8, 4) is 0 Å². The first-order chi connectivity index (χ1) is 5.91. The molecule has 9 heteroatoms. The molecule has 0 aromatic heterocycles. The van der Waals surface area contributed by atoms with E-state index < -0.39 is 37.5 Å². The van der Waals surface area contributed by atoms with Gasteiger partial charge in [-0.3, -0.25) is 9.69 Å². The van der Waals surface area contributed by atoms with E-state index in [4.69, 9.17) is 5.11 Å². The molecule has 15 heavy (non-hydrogen) atoms. The number of aliphatic carboxylic acids is 3. The topological polar surface area (TPSA) is 121 Å². The van der Waals surface area contributed by atoms with Gasteiger partial charge in [0.15, 0.2) is 0 Å². The molecule has 7 nitrogen and oxygen atoms in total. The maximum Gasteiger partial charge on any atom is 1.00 e. The van der Waals surface area contributed by atoms with Gasteiger partial charge in [0.05, 0.1) is 18.5 Å². The van der Waals surface area contributed by atoms with Crippen molar-refractivity contribution in [1.29, 1.82) is 0 Å². The Bertz CT molecular complexity index is 196. The van der Waals surface area contributed by atoms with Crippen molar-refractivity contribution >= 4 is 17.9 Å². The maximum absolute atomic E-state index is 10.1. The second kappa shape index (κ2) is 10.9. The molecule has 0 atom stereocenters. The Morgan fingerprint density at radius 2 is 1.27 bits per heavy atom. The minimum Gasteiger partial charge on any atom is -0.549 e. The summed E-state index contributed by atoms with van der Waals surface area (Å²) in [6.07, 6.45) is 0. The average molecular weight is 235 g/mol. The van der Waals surface area contributed by atoms with Gasteiger partial charge in [-0.05, 0) is 0 Å². The largest absolute Gasteiger partial charge is 1.00 e. The standard InChI is InChI=1S/C6H9NO6.2Na/c8-4(9)1-7(2-5(10)11)3-6(12)13;;/h1-3H2,(H,8,9)(H,10,11)(H,12,13);;/q;2*+1/p-2. The van der Waals surface area contributed by atoms with Gasteiger partial charge in [0, 0.05) is 13.1 Å². The maximum atomic E-state index is 10.1. The molecule has 0 saturated heterocycles. The number of hydrogen-bond acceptors (Lipinski definition) is 6. The van der Waals surface area contributed by atoms with Crippen LogP contribution >= 0.6 is 0 Å². The zero-order valence-electron chi connectivity index (χ0n) is 8.56. The molecular weight excluding hydrogens is 228 g/mol. The van der Waals surface area contributed by atoms with Crippen LogP contribution in [0.2, 0.25) is 0 Å². The summed E-state index contributed by atoms with van der Waals surface area (Å²) in [5, 5.41) is 28.3. The van der Waals surface area contributed by atoms with Gasteiger partial charge in [-0.1, -0.05) is 0 Å². The second-order valence-corrected chi connectivity index (χ2v) is 2.28. The first-order valence-corrected chi connectivity index (χ1v) is 3.25.